The first-order valence-electron chi connectivity index (χ1n) is 6.32. The van der Waals surface area contributed by atoms with Crippen molar-refractivity contribution in [1.82, 2.24) is 5.32 Å². The van der Waals surface area contributed by atoms with E-state index in [-0.39, 0.29) is 13.2 Å². The lowest BCUT2D eigenvalue weighted by atomic mass is 9.75. The van der Waals surface area contributed by atoms with Crippen molar-refractivity contribution < 1.29 is 10.2 Å². The molecule has 3 N–H and O–H groups in total. The number of hydrogen-bond donors (Lipinski definition) is 3. The Hall–Kier alpha value is -0.610. The van der Waals surface area contributed by atoms with Crippen LogP contribution in [0.3, 0.4) is 0 Å². The molecule has 0 aliphatic heterocycles. The molecule has 1 saturated carbocycles. The van der Waals surface area contributed by atoms with Gasteiger partial charge in [-0.1, -0.05) is 29.8 Å². The van der Waals surface area contributed by atoms with Crippen LogP contribution in [0, 0.1) is 0 Å². The first-order valence-corrected chi connectivity index (χ1v) is 6.69. The first kappa shape index (κ1) is 13.8. The summed E-state index contributed by atoms with van der Waals surface area (Å²) in [4.78, 5) is 0. The van der Waals surface area contributed by atoms with Crippen molar-refractivity contribution in [1.29, 1.82) is 0 Å². The van der Waals surface area contributed by atoms with E-state index in [0.29, 0.717) is 12.0 Å². The maximum atomic E-state index is 9.24. The summed E-state index contributed by atoms with van der Waals surface area (Å²) in [6.45, 7) is 1.71. The average molecular weight is 270 g/mol. The molecule has 18 heavy (non-hydrogen) atoms. The molecule has 1 aromatic carbocycles. The third-order valence-corrected chi connectivity index (χ3v) is 4.08. The smallest absolute Gasteiger partial charge is 0.0633 e. The van der Waals surface area contributed by atoms with Crippen LogP contribution in [0.25, 0.3) is 0 Å². The normalized spacial score (nSPS) is 23.8. The Morgan fingerprint density at radius 1 is 1.28 bits per heavy atom. The summed E-state index contributed by atoms with van der Waals surface area (Å²) >= 11 is 6.17. The van der Waals surface area contributed by atoms with Gasteiger partial charge in [0.1, 0.15) is 0 Å². The van der Waals surface area contributed by atoms with E-state index in [1.807, 2.05) is 25.1 Å². The molecule has 3 nitrogen and oxygen atoms in total. The van der Waals surface area contributed by atoms with Gasteiger partial charge in [0.25, 0.3) is 0 Å². The van der Waals surface area contributed by atoms with E-state index in [9.17, 15) is 10.2 Å². The van der Waals surface area contributed by atoms with Gasteiger partial charge in [0.15, 0.2) is 0 Å². The fraction of sp³-hybridized carbons (Fsp3) is 0.571. The molecule has 0 spiro atoms. The lowest BCUT2D eigenvalue weighted by Gasteiger charge is -2.42. The average Bonchev–Trinajstić information content (AvgIpc) is 2.34. The highest BCUT2D eigenvalue weighted by Crippen LogP contribution is 2.40. The van der Waals surface area contributed by atoms with Crippen molar-refractivity contribution in [3.8, 4) is 0 Å². The minimum Gasteiger partial charge on any atom is -0.394 e. The molecule has 1 fully saturated rings. The summed E-state index contributed by atoms with van der Waals surface area (Å²) in [5.41, 5.74) is 0.614. The molecule has 0 amide bonds. The van der Waals surface area contributed by atoms with Crippen molar-refractivity contribution in [3.05, 3.63) is 34.9 Å². The van der Waals surface area contributed by atoms with Crippen LogP contribution in [0.15, 0.2) is 24.3 Å². The van der Waals surface area contributed by atoms with Gasteiger partial charge in [-0.15, -0.1) is 0 Å². The second-order valence-electron chi connectivity index (χ2n) is 5.41. The monoisotopic (exact) mass is 269 g/mol. The largest absolute Gasteiger partial charge is 0.394 e. The summed E-state index contributed by atoms with van der Waals surface area (Å²) < 4.78 is 0. The van der Waals surface area contributed by atoms with Crippen LogP contribution in [-0.4, -0.2) is 35.0 Å². The summed E-state index contributed by atoms with van der Waals surface area (Å²) in [6, 6.07) is 8.28. The molecule has 1 aromatic rings. The Labute approximate surface area is 113 Å². The molecule has 1 aliphatic rings. The third kappa shape index (κ3) is 2.86. The number of benzene rings is 1. The van der Waals surface area contributed by atoms with Crippen molar-refractivity contribution in [2.24, 2.45) is 0 Å². The Morgan fingerprint density at radius 2 is 1.89 bits per heavy atom. The van der Waals surface area contributed by atoms with Gasteiger partial charge in [-0.3, -0.25) is 0 Å². The van der Waals surface area contributed by atoms with Gasteiger partial charge < -0.3 is 15.5 Å². The van der Waals surface area contributed by atoms with E-state index in [0.717, 1.165) is 17.9 Å². The molecule has 0 saturated heterocycles. The molecule has 0 radical (unpaired) electrons. The Morgan fingerprint density at radius 3 is 2.44 bits per heavy atom. The predicted molar refractivity (Wildman–Crippen MR) is 72.9 cm³/mol. The molecule has 0 unspecified atom stereocenters. The standard InChI is InChI=1S/C14H20ClNO2/c1-14(8-17,9-18)16-11-6-10(7-11)12-4-2-3-5-13(12)15/h2-5,10-11,16-18H,6-9H2,1H3. The molecule has 1 aliphatic carbocycles. The molecule has 2 rings (SSSR count). The van der Waals surface area contributed by atoms with Gasteiger partial charge in [0.05, 0.1) is 18.8 Å². The summed E-state index contributed by atoms with van der Waals surface area (Å²) in [6.07, 6.45) is 2.00. The van der Waals surface area contributed by atoms with Crippen LogP contribution >= 0.6 is 11.6 Å². The second kappa shape index (κ2) is 5.57. The lowest BCUT2D eigenvalue weighted by molar-refractivity contribution is 0.0780. The minimum atomic E-state index is -0.587. The Balaban J connectivity index is 1.90. The highest BCUT2D eigenvalue weighted by atomic mass is 35.5. The highest BCUT2D eigenvalue weighted by molar-refractivity contribution is 6.31. The molecular weight excluding hydrogens is 250 g/mol. The fourth-order valence-corrected chi connectivity index (χ4v) is 2.72. The van der Waals surface area contributed by atoms with E-state index in [4.69, 9.17) is 11.6 Å². The zero-order valence-electron chi connectivity index (χ0n) is 10.6. The van der Waals surface area contributed by atoms with Crippen molar-refractivity contribution >= 4 is 11.6 Å². The number of aliphatic hydroxyl groups excluding tert-OH is 2. The predicted octanol–water partition coefficient (Wildman–Crippen LogP) is 1.92. The third-order valence-electron chi connectivity index (χ3n) is 3.73. The number of aliphatic hydroxyl groups is 2. The quantitative estimate of drug-likeness (QED) is 0.766. The van der Waals surface area contributed by atoms with E-state index in [1.54, 1.807) is 0 Å². The van der Waals surface area contributed by atoms with Crippen LogP contribution in [0.2, 0.25) is 5.02 Å². The molecule has 100 valence electrons. The summed E-state index contributed by atoms with van der Waals surface area (Å²) in [5, 5.41) is 22.6. The molecule has 4 heteroatoms. The molecular formula is C14H20ClNO2. The highest BCUT2D eigenvalue weighted by Gasteiger charge is 2.35. The zero-order chi connectivity index (χ0) is 13.2. The number of rotatable bonds is 5. The molecule has 0 heterocycles. The lowest BCUT2D eigenvalue weighted by Crippen LogP contribution is -2.56. The molecule has 0 aromatic heterocycles. The maximum Gasteiger partial charge on any atom is 0.0633 e. The Bertz CT molecular complexity index is 401. The summed E-state index contributed by atoms with van der Waals surface area (Å²) in [7, 11) is 0. The zero-order valence-corrected chi connectivity index (χ0v) is 11.3. The number of nitrogens with one attached hydrogen (secondary N) is 1. The topological polar surface area (TPSA) is 52.5 Å². The van der Waals surface area contributed by atoms with E-state index in [2.05, 4.69) is 11.4 Å². The minimum absolute atomic E-state index is 0.0588. The van der Waals surface area contributed by atoms with Crippen LogP contribution in [-0.2, 0) is 0 Å². The van der Waals surface area contributed by atoms with Crippen molar-refractivity contribution in [2.45, 2.75) is 37.3 Å². The number of halogens is 1. The van der Waals surface area contributed by atoms with Gasteiger partial charge in [-0.2, -0.15) is 0 Å². The first-order chi connectivity index (χ1) is 8.58. The van der Waals surface area contributed by atoms with E-state index < -0.39 is 5.54 Å². The van der Waals surface area contributed by atoms with Crippen LogP contribution in [0.4, 0.5) is 0 Å². The van der Waals surface area contributed by atoms with Gasteiger partial charge >= 0.3 is 0 Å². The Kier molecular flexibility index (Phi) is 4.28. The SMILES string of the molecule is CC(CO)(CO)NC1CC(c2ccccc2Cl)C1. The van der Waals surface area contributed by atoms with Crippen LogP contribution < -0.4 is 5.32 Å². The fourth-order valence-electron chi connectivity index (χ4n) is 2.43. The van der Waals surface area contributed by atoms with Gasteiger partial charge in [-0.05, 0) is 37.3 Å². The molecule has 0 bridgehead atoms. The second-order valence-corrected chi connectivity index (χ2v) is 5.82. The molecule has 0 atom stereocenters. The van der Waals surface area contributed by atoms with E-state index >= 15 is 0 Å². The van der Waals surface area contributed by atoms with Crippen molar-refractivity contribution in [2.75, 3.05) is 13.2 Å². The van der Waals surface area contributed by atoms with Gasteiger partial charge in [0, 0.05) is 11.1 Å². The number of hydrogen-bond acceptors (Lipinski definition) is 3. The summed E-state index contributed by atoms with van der Waals surface area (Å²) in [5.74, 6) is 0.484. The van der Waals surface area contributed by atoms with Crippen molar-refractivity contribution in [3.63, 3.8) is 0 Å². The van der Waals surface area contributed by atoms with Gasteiger partial charge in [-0.25, -0.2) is 0 Å². The van der Waals surface area contributed by atoms with Crippen LogP contribution in [0.1, 0.15) is 31.2 Å². The van der Waals surface area contributed by atoms with E-state index in [1.165, 1.54) is 5.56 Å². The van der Waals surface area contributed by atoms with Gasteiger partial charge in [0.2, 0.25) is 0 Å². The van der Waals surface area contributed by atoms with Crippen LogP contribution in [0.5, 0.6) is 0 Å². The maximum absolute atomic E-state index is 9.24.